The van der Waals surface area contributed by atoms with Crippen LogP contribution in [0.4, 0.5) is 5.13 Å². The molecule has 0 aliphatic carbocycles. The molecule has 0 aliphatic rings. The molecule has 2 rings (SSSR count). The van der Waals surface area contributed by atoms with Crippen LogP contribution in [0.5, 0.6) is 5.75 Å². The smallest absolute Gasteiger partial charge is 0.266 e. The minimum Gasteiger partial charge on any atom is -0.481 e. The van der Waals surface area contributed by atoms with Crippen molar-refractivity contribution in [1.29, 1.82) is 0 Å². The van der Waals surface area contributed by atoms with Gasteiger partial charge in [-0.15, -0.1) is 11.3 Å². The molecule has 0 bridgehead atoms. The van der Waals surface area contributed by atoms with Crippen LogP contribution >= 0.6 is 22.9 Å². The van der Waals surface area contributed by atoms with E-state index in [9.17, 15) is 4.79 Å². The number of amides is 1. The third-order valence-corrected chi connectivity index (χ3v) is 3.44. The van der Waals surface area contributed by atoms with Crippen LogP contribution in [0.1, 0.15) is 12.6 Å². The molecule has 1 unspecified atom stereocenters. The lowest BCUT2D eigenvalue weighted by Gasteiger charge is -2.13. The summed E-state index contributed by atoms with van der Waals surface area (Å²) in [7, 11) is 0. The Hall–Kier alpha value is -1.59. The molecule has 2 aromatic rings. The molecule has 1 aromatic carbocycles. The van der Waals surface area contributed by atoms with Crippen molar-refractivity contribution < 1.29 is 9.53 Å². The quantitative estimate of drug-likeness (QED) is 0.939. The molecular formula is C13H13ClN2O2S. The Kier molecular flexibility index (Phi) is 4.39. The summed E-state index contributed by atoms with van der Waals surface area (Å²) in [6.07, 6.45) is -0.623. The van der Waals surface area contributed by atoms with Crippen LogP contribution < -0.4 is 10.1 Å². The van der Waals surface area contributed by atoms with Crippen LogP contribution in [0, 0.1) is 6.92 Å². The fourth-order valence-electron chi connectivity index (χ4n) is 1.42. The first kappa shape index (κ1) is 13.8. The van der Waals surface area contributed by atoms with Crippen LogP contribution in [-0.2, 0) is 4.79 Å². The standard InChI is InChI=1S/C13H13ClN2O2S/c1-8-7-19-13(15-8)16-12(17)9(2)18-11-5-3-4-10(14)6-11/h3-7,9H,1-2H3,(H,15,16,17). The van der Waals surface area contributed by atoms with Crippen LogP contribution in [0.25, 0.3) is 0 Å². The number of thiazole rings is 1. The Labute approximate surface area is 120 Å². The van der Waals surface area contributed by atoms with Crippen molar-refractivity contribution in [2.45, 2.75) is 20.0 Å². The van der Waals surface area contributed by atoms with Gasteiger partial charge in [0, 0.05) is 10.4 Å². The number of carbonyl (C=O) groups is 1. The summed E-state index contributed by atoms with van der Waals surface area (Å²) in [5.41, 5.74) is 0.878. The van der Waals surface area contributed by atoms with E-state index in [1.54, 1.807) is 31.2 Å². The second-order valence-electron chi connectivity index (χ2n) is 4.00. The molecule has 1 N–H and O–H groups in total. The lowest BCUT2D eigenvalue weighted by molar-refractivity contribution is -0.122. The number of rotatable bonds is 4. The number of hydrogen-bond acceptors (Lipinski definition) is 4. The van der Waals surface area contributed by atoms with Crippen LogP contribution in [0.3, 0.4) is 0 Å². The van der Waals surface area contributed by atoms with E-state index >= 15 is 0 Å². The average Bonchev–Trinajstić information content (AvgIpc) is 2.74. The van der Waals surface area contributed by atoms with E-state index in [-0.39, 0.29) is 5.91 Å². The van der Waals surface area contributed by atoms with Crippen molar-refractivity contribution in [2.24, 2.45) is 0 Å². The van der Waals surface area contributed by atoms with E-state index < -0.39 is 6.10 Å². The Morgan fingerprint density at radius 2 is 2.32 bits per heavy atom. The van der Waals surface area contributed by atoms with Crippen molar-refractivity contribution in [2.75, 3.05) is 5.32 Å². The molecule has 6 heteroatoms. The topological polar surface area (TPSA) is 51.2 Å². The van der Waals surface area contributed by atoms with E-state index in [1.165, 1.54) is 11.3 Å². The fourth-order valence-corrected chi connectivity index (χ4v) is 2.29. The van der Waals surface area contributed by atoms with Crippen molar-refractivity contribution in [3.05, 3.63) is 40.4 Å². The molecule has 0 spiro atoms. The molecular weight excluding hydrogens is 284 g/mol. The zero-order valence-electron chi connectivity index (χ0n) is 10.5. The predicted octanol–water partition coefficient (Wildman–Crippen LogP) is 3.51. The first-order chi connectivity index (χ1) is 9.04. The summed E-state index contributed by atoms with van der Waals surface area (Å²) in [5.74, 6) is 0.319. The van der Waals surface area contributed by atoms with Gasteiger partial charge in [0.1, 0.15) is 5.75 Å². The van der Waals surface area contributed by atoms with Gasteiger partial charge in [0.05, 0.1) is 5.69 Å². The third-order valence-electron chi connectivity index (χ3n) is 2.33. The summed E-state index contributed by atoms with van der Waals surface area (Å²) in [5, 5.41) is 5.72. The number of benzene rings is 1. The largest absolute Gasteiger partial charge is 0.481 e. The highest BCUT2D eigenvalue weighted by molar-refractivity contribution is 7.13. The van der Waals surface area contributed by atoms with E-state index in [4.69, 9.17) is 16.3 Å². The van der Waals surface area contributed by atoms with Crippen LogP contribution in [0.2, 0.25) is 5.02 Å². The van der Waals surface area contributed by atoms with Crippen molar-refractivity contribution in [3.63, 3.8) is 0 Å². The molecule has 0 saturated carbocycles. The van der Waals surface area contributed by atoms with Crippen molar-refractivity contribution in [3.8, 4) is 5.75 Å². The van der Waals surface area contributed by atoms with Gasteiger partial charge in [0.2, 0.25) is 0 Å². The molecule has 4 nitrogen and oxygen atoms in total. The molecule has 0 aliphatic heterocycles. The number of hydrogen-bond donors (Lipinski definition) is 1. The maximum Gasteiger partial charge on any atom is 0.266 e. The Balaban J connectivity index is 1.96. The van der Waals surface area contributed by atoms with Crippen molar-refractivity contribution in [1.82, 2.24) is 4.98 Å². The first-order valence-corrected chi connectivity index (χ1v) is 6.95. The van der Waals surface area contributed by atoms with Crippen LogP contribution in [-0.4, -0.2) is 17.0 Å². The summed E-state index contributed by atoms with van der Waals surface area (Å²) in [6, 6.07) is 6.94. The summed E-state index contributed by atoms with van der Waals surface area (Å²) in [6.45, 7) is 3.55. The average molecular weight is 297 g/mol. The van der Waals surface area contributed by atoms with E-state index in [2.05, 4.69) is 10.3 Å². The van der Waals surface area contributed by atoms with Gasteiger partial charge in [0.15, 0.2) is 11.2 Å². The number of anilines is 1. The molecule has 0 radical (unpaired) electrons. The molecule has 0 saturated heterocycles. The number of aromatic nitrogens is 1. The van der Waals surface area contributed by atoms with Gasteiger partial charge in [-0.05, 0) is 32.0 Å². The number of carbonyl (C=O) groups excluding carboxylic acids is 1. The maximum atomic E-state index is 11.9. The van der Waals surface area contributed by atoms with Gasteiger partial charge in [-0.1, -0.05) is 17.7 Å². The van der Waals surface area contributed by atoms with E-state index in [0.29, 0.717) is 15.9 Å². The van der Waals surface area contributed by atoms with E-state index in [0.717, 1.165) is 5.69 Å². The maximum absolute atomic E-state index is 11.9. The van der Waals surface area contributed by atoms with Gasteiger partial charge >= 0.3 is 0 Å². The Bertz CT molecular complexity index is 586. The summed E-state index contributed by atoms with van der Waals surface area (Å²) >= 11 is 7.24. The normalized spacial score (nSPS) is 11.9. The summed E-state index contributed by atoms with van der Waals surface area (Å²) < 4.78 is 5.52. The molecule has 19 heavy (non-hydrogen) atoms. The fraction of sp³-hybridized carbons (Fsp3) is 0.231. The second-order valence-corrected chi connectivity index (χ2v) is 5.30. The van der Waals surface area contributed by atoms with Crippen LogP contribution in [0.15, 0.2) is 29.6 Å². The lowest BCUT2D eigenvalue weighted by Crippen LogP contribution is -2.30. The van der Waals surface area contributed by atoms with Gasteiger partial charge in [-0.25, -0.2) is 4.98 Å². The third kappa shape index (κ3) is 3.94. The highest BCUT2D eigenvalue weighted by Gasteiger charge is 2.16. The van der Waals surface area contributed by atoms with Gasteiger partial charge in [-0.3, -0.25) is 10.1 Å². The van der Waals surface area contributed by atoms with Gasteiger partial charge in [-0.2, -0.15) is 0 Å². The minimum absolute atomic E-state index is 0.241. The van der Waals surface area contributed by atoms with Gasteiger partial charge < -0.3 is 4.74 Å². The minimum atomic E-state index is -0.623. The number of nitrogens with one attached hydrogen (secondary N) is 1. The molecule has 100 valence electrons. The zero-order chi connectivity index (χ0) is 13.8. The monoisotopic (exact) mass is 296 g/mol. The first-order valence-electron chi connectivity index (χ1n) is 5.70. The lowest BCUT2D eigenvalue weighted by atomic mass is 10.3. The molecule has 1 heterocycles. The highest BCUT2D eigenvalue weighted by Crippen LogP contribution is 2.19. The Morgan fingerprint density at radius 1 is 1.53 bits per heavy atom. The van der Waals surface area contributed by atoms with Crippen molar-refractivity contribution >= 4 is 34.0 Å². The molecule has 0 fully saturated rings. The zero-order valence-corrected chi connectivity index (χ0v) is 12.1. The number of aryl methyl sites for hydroxylation is 1. The van der Waals surface area contributed by atoms with E-state index in [1.807, 2.05) is 12.3 Å². The molecule has 1 amide bonds. The number of ether oxygens (including phenoxy) is 1. The molecule has 1 aromatic heterocycles. The molecule has 1 atom stereocenters. The summed E-state index contributed by atoms with van der Waals surface area (Å²) in [4.78, 5) is 16.1. The van der Waals surface area contributed by atoms with Gasteiger partial charge in [0.25, 0.3) is 5.91 Å². The number of nitrogens with zero attached hydrogens (tertiary/aromatic N) is 1. The Morgan fingerprint density at radius 3 is 2.95 bits per heavy atom. The predicted molar refractivity (Wildman–Crippen MR) is 77.0 cm³/mol. The SMILES string of the molecule is Cc1csc(NC(=O)C(C)Oc2cccc(Cl)c2)n1. The highest BCUT2D eigenvalue weighted by atomic mass is 35.5. The number of halogens is 1. The second kappa shape index (κ2) is 6.04.